The van der Waals surface area contributed by atoms with Crippen molar-refractivity contribution in [2.45, 2.75) is 39.3 Å². The van der Waals surface area contributed by atoms with Gasteiger partial charge in [-0.15, -0.1) is 0 Å². The zero-order valence-electron chi connectivity index (χ0n) is 15.9. The van der Waals surface area contributed by atoms with Crippen LogP contribution in [0.2, 0.25) is 0 Å². The molecule has 0 radical (unpaired) electrons. The number of anilines is 1. The van der Waals surface area contributed by atoms with Crippen molar-refractivity contribution in [3.8, 4) is 0 Å². The van der Waals surface area contributed by atoms with Gasteiger partial charge in [-0.3, -0.25) is 9.48 Å². The molecule has 0 aromatic carbocycles. The average Bonchev–Trinajstić information content (AvgIpc) is 3.12. The number of nitrogens with zero attached hydrogens (tertiary/aromatic N) is 6. The molecule has 4 heterocycles. The number of aryl methyl sites for hydroxylation is 1. The summed E-state index contributed by atoms with van der Waals surface area (Å²) in [5.41, 5.74) is 1.70. The van der Waals surface area contributed by atoms with Crippen LogP contribution in [-0.4, -0.2) is 61.3 Å². The predicted octanol–water partition coefficient (Wildman–Crippen LogP) is 1.19. The highest BCUT2D eigenvalue weighted by Crippen LogP contribution is 2.27. The van der Waals surface area contributed by atoms with Crippen molar-refractivity contribution in [3.63, 3.8) is 0 Å². The summed E-state index contributed by atoms with van der Waals surface area (Å²) in [5, 5.41) is 13.7. The van der Waals surface area contributed by atoms with E-state index in [1.54, 1.807) is 28.0 Å². The number of fused-ring (bicyclic) bond motifs is 1. The SMILES string of the molecule is CCn1nc(C(=O)O)c2c1CCN(C(=O)C1CCN(c3ncccn3)CC1)C2. The number of carboxylic acid groups (broad SMARTS) is 1. The Balaban J connectivity index is 1.43. The zero-order valence-corrected chi connectivity index (χ0v) is 15.9. The standard InChI is InChI=1S/C19H24N6O3/c1-2-25-15-6-11-24(12-14(15)16(22-25)18(27)28)17(26)13-4-9-23(10-5-13)19-20-7-3-8-21-19/h3,7-8,13H,2,4-6,9-12H2,1H3,(H,27,28). The van der Waals surface area contributed by atoms with Gasteiger partial charge in [0.15, 0.2) is 5.69 Å². The maximum absolute atomic E-state index is 13.1. The van der Waals surface area contributed by atoms with E-state index < -0.39 is 5.97 Å². The van der Waals surface area contributed by atoms with Crippen LogP contribution < -0.4 is 4.90 Å². The summed E-state index contributed by atoms with van der Waals surface area (Å²) in [6.07, 6.45) is 5.59. The Morgan fingerprint density at radius 3 is 2.54 bits per heavy atom. The molecule has 2 aromatic heterocycles. The number of hydrogen-bond donors (Lipinski definition) is 1. The minimum Gasteiger partial charge on any atom is -0.476 e. The van der Waals surface area contributed by atoms with Crippen LogP contribution >= 0.6 is 0 Å². The summed E-state index contributed by atoms with van der Waals surface area (Å²) in [6, 6.07) is 1.79. The van der Waals surface area contributed by atoms with E-state index in [2.05, 4.69) is 20.0 Å². The first kappa shape index (κ1) is 18.4. The van der Waals surface area contributed by atoms with Crippen LogP contribution in [0.25, 0.3) is 0 Å². The van der Waals surface area contributed by atoms with Crippen molar-refractivity contribution in [1.29, 1.82) is 0 Å². The number of aromatic carboxylic acids is 1. The monoisotopic (exact) mass is 384 g/mol. The molecule has 1 amide bonds. The van der Waals surface area contributed by atoms with Gasteiger partial charge in [0, 0.05) is 68.7 Å². The molecule has 1 saturated heterocycles. The summed E-state index contributed by atoms with van der Waals surface area (Å²) < 4.78 is 1.75. The van der Waals surface area contributed by atoms with E-state index in [0.717, 1.165) is 31.6 Å². The Labute approximate surface area is 163 Å². The molecule has 0 saturated carbocycles. The summed E-state index contributed by atoms with van der Waals surface area (Å²) >= 11 is 0. The van der Waals surface area contributed by atoms with Gasteiger partial charge in [-0.1, -0.05) is 0 Å². The lowest BCUT2D eigenvalue weighted by atomic mass is 9.94. The molecular weight excluding hydrogens is 360 g/mol. The molecule has 2 aliphatic rings. The van der Waals surface area contributed by atoms with Gasteiger partial charge >= 0.3 is 5.97 Å². The van der Waals surface area contributed by atoms with Crippen LogP contribution in [0.4, 0.5) is 5.95 Å². The highest BCUT2D eigenvalue weighted by atomic mass is 16.4. The minimum absolute atomic E-state index is 0.0454. The molecule has 0 atom stereocenters. The first-order chi connectivity index (χ1) is 13.6. The van der Waals surface area contributed by atoms with Crippen molar-refractivity contribution in [2.75, 3.05) is 24.5 Å². The molecule has 4 rings (SSSR count). The first-order valence-corrected chi connectivity index (χ1v) is 9.71. The minimum atomic E-state index is -1.03. The number of carbonyl (C=O) groups excluding carboxylic acids is 1. The highest BCUT2D eigenvalue weighted by Gasteiger charge is 2.34. The molecule has 148 valence electrons. The zero-order chi connectivity index (χ0) is 19.7. The average molecular weight is 384 g/mol. The molecule has 9 nitrogen and oxygen atoms in total. The summed E-state index contributed by atoms with van der Waals surface area (Å²) in [7, 11) is 0. The molecule has 1 fully saturated rings. The number of amides is 1. The maximum atomic E-state index is 13.1. The molecule has 0 spiro atoms. The second-order valence-corrected chi connectivity index (χ2v) is 7.21. The molecule has 2 aromatic rings. The van der Waals surface area contributed by atoms with E-state index in [9.17, 15) is 14.7 Å². The van der Waals surface area contributed by atoms with Gasteiger partial charge in [-0.05, 0) is 25.8 Å². The Morgan fingerprint density at radius 2 is 1.89 bits per heavy atom. The number of rotatable bonds is 4. The van der Waals surface area contributed by atoms with Crippen molar-refractivity contribution in [2.24, 2.45) is 5.92 Å². The second kappa shape index (κ2) is 7.57. The highest BCUT2D eigenvalue weighted by molar-refractivity contribution is 5.88. The normalized spacial score (nSPS) is 17.5. The fraction of sp³-hybridized carbons (Fsp3) is 0.526. The van der Waals surface area contributed by atoms with Gasteiger partial charge in [0.2, 0.25) is 11.9 Å². The molecule has 28 heavy (non-hydrogen) atoms. The maximum Gasteiger partial charge on any atom is 0.356 e. The predicted molar refractivity (Wildman–Crippen MR) is 101 cm³/mol. The van der Waals surface area contributed by atoms with Crippen LogP contribution in [0.1, 0.15) is 41.5 Å². The van der Waals surface area contributed by atoms with Crippen LogP contribution in [0.15, 0.2) is 18.5 Å². The van der Waals surface area contributed by atoms with Crippen molar-refractivity contribution in [1.82, 2.24) is 24.6 Å². The fourth-order valence-corrected chi connectivity index (χ4v) is 4.15. The van der Waals surface area contributed by atoms with E-state index in [1.165, 1.54) is 0 Å². The molecular formula is C19H24N6O3. The lowest BCUT2D eigenvalue weighted by Crippen LogP contribution is -2.45. The number of piperidine rings is 1. The third-order valence-electron chi connectivity index (χ3n) is 5.63. The molecule has 1 N–H and O–H groups in total. The Hall–Kier alpha value is -2.97. The third kappa shape index (κ3) is 3.32. The lowest BCUT2D eigenvalue weighted by molar-refractivity contribution is -0.137. The smallest absolute Gasteiger partial charge is 0.356 e. The van der Waals surface area contributed by atoms with E-state index in [0.29, 0.717) is 37.6 Å². The summed E-state index contributed by atoms with van der Waals surface area (Å²) in [6.45, 7) is 5.00. The quantitative estimate of drug-likeness (QED) is 0.844. The second-order valence-electron chi connectivity index (χ2n) is 7.21. The Morgan fingerprint density at radius 1 is 1.18 bits per heavy atom. The largest absolute Gasteiger partial charge is 0.476 e. The number of carboxylic acids is 1. The number of hydrogen-bond acceptors (Lipinski definition) is 6. The lowest BCUT2D eigenvalue weighted by Gasteiger charge is -2.35. The number of aromatic nitrogens is 4. The Kier molecular flexibility index (Phi) is 4.97. The van der Waals surface area contributed by atoms with Crippen molar-refractivity contribution in [3.05, 3.63) is 35.4 Å². The first-order valence-electron chi connectivity index (χ1n) is 9.71. The van der Waals surface area contributed by atoms with E-state index in [1.807, 2.05) is 6.92 Å². The third-order valence-corrected chi connectivity index (χ3v) is 5.63. The van der Waals surface area contributed by atoms with Gasteiger partial charge in [0.05, 0.1) is 0 Å². The van der Waals surface area contributed by atoms with Gasteiger partial charge in [0.25, 0.3) is 0 Å². The molecule has 0 aliphatic carbocycles. The molecule has 2 aliphatic heterocycles. The molecule has 0 unspecified atom stereocenters. The number of carbonyl (C=O) groups is 2. The van der Waals surface area contributed by atoms with Gasteiger partial charge in [-0.25, -0.2) is 14.8 Å². The van der Waals surface area contributed by atoms with E-state index in [-0.39, 0.29) is 17.5 Å². The van der Waals surface area contributed by atoms with Gasteiger partial charge in [-0.2, -0.15) is 5.10 Å². The van der Waals surface area contributed by atoms with Crippen molar-refractivity contribution >= 4 is 17.8 Å². The Bertz CT molecular complexity index is 873. The van der Waals surface area contributed by atoms with Gasteiger partial charge < -0.3 is 14.9 Å². The van der Waals surface area contributed by atoms with Crippen molar-refractivity contribution < 1.29 is 14.7 Å². The molecule has 0 bridgehead atoms. The van der Waals surface area contributed by atoms with E-state index >= 15 is 0 Å². The van der Waals surface area contributed by atoms with Crippen LogP contribution in [0, 0.1) is 5.92 Å². The topological polar surface area (TPSA) is 104 Å². The summed E-state index contributed by atoms with van der Waals surface area (Å²) in [5.74, 6) is -0.265. The van der Waals surface area contributed by atoms with Crippen LogP contribution in [0.5, 0.6) is 0 Å². The summed E-state index contributed by atoms with van der Waals surface area (Å²) in [4.78, 5) is 37.1. The fourth-order valence-electron chi connectivity index (χ4n) is 4.15. The van der Waals surface area contributed by atoms with E-state index in [4.69, 9.17) is 0 Å². The van der Waals surface area contributed by atoms with Gasteiger partial charge in [0.1, 0.15) is 0 Å². The van der Waals surface area contributed by atoms with Crippen LogP contribution in [-0.2, 0) is 24.3 Å². The van der Waals surface area contributed by atoms with Crippen LogP contribution in [0.3, 0.4) is 0 Å². The molecule has 9 heteroatoms.